The third-order valence-corrected chi connectivity index (χ3v) is 2.68. The largest absolute Gasteiger partial charge is 0.508 e. The van der Waals surface area contributed by atoms with E-state index in [4.69, 9.17) is 5.11 Å². The zero-order chi connectivity index (χ0) is 14.4. The number of hydrogen-bond donors (Lipinski definition) is 1. The number of ketones is 1. The summed E-state index contributed by atoms with van der Waals surface area (Å²) in [5.74, 6) is 0.401. The van der Waals surface area contributed by atoms with Gasteiger partial charge in [0, 0.05) is 5.56 Å². The molecule has 0 heterocycles. The Morgan fingerprint density at radius 1 is 1.10 bits per heavy atom. The first-order valence-electron chi connectivity index (χ1n) is 5.99. The van der Waals surface area contributed by atoms with E-state index >= 15 is 0 Å². The maximum Gasteiger partial charge on any atom is 0.228 e. The highest BCUT2D eigenvalue weighted by molar-refractivity contribution is 6.06. The Kier molecular flexibility index (Phi) is 4.50. The summed E-state index contributed by atoms with van der Waals surface area (Å²) in [5.41, 5.74) is 1.31. The van der Waals surface area contributed by atoms with Gasteiger partial charge in [-0.2, -0.15) is 0 Å². The molecule has 1 N–H and O–H groups in total. The Hall–Kier alpha value is -2.62. The van der Waals surface area contributed by atoms with E-state index in [0.29, 0.717) is 11.3 Å². The molecule has 20 heavy (non-hydrogen) atoms. The van der Waals surface area contributed by atoms with Crippen molar-refractivity contribution >= 4 is 11.9 Å². The van der Waals surface area contributed by atoms with Crippen LogP contribution in [0.5, 0.6) is 11.5 Å². The van der Waals surface area contributed by atoms with Crippen molar-refractivity contribution in [3.05, 3.63) is 65.7 Å². The van der Waals surface area contributed by atoms with Crippen molar-refractivity contribution in [1.29, 1.82) is 0 Å². The molecular weight excluding hydrogens is 259 g/mol. The van der Waals surface area contributed by atoms with E-state index in [-0.39, 0.29) is 11.5 Å². The van der Waals surface area contributed by atoms with Crippen LogP contribution in [0.2, 0.25) is 0 Å². The number of hydrogen-bond acceptors (Lipinski definition) is 3. The Morgan fingerprint density at radius 2 is 1.75 bits per heavy atom. The minimum absolute atomic E-state index is 0.119. The van der Waals surface area contributed by atoms with Gasteiger partial charge in [-0.15, -0.1) is 0 Å². The molecule has 0 aliphatic carbocycles. The van der Waals surface area contributed by atoms with Crippen LogP contribution in [0.4, 0.5) is 4.39 Å². The molecule has 0 aromatic heterocycles. The standard InChI is InChI=1S/C16H13FO3/c17-11-20-15-8-1-12(2-9-15)3-10-16(19)13-4-6-14(18)7-5-13/h1-10,18H,11H2. The van der Waals surface area contributed by atoms with Crippen molar-refractivity contribution in [2.75, 3.05) is 6.86 Å². The van der Waals surface area contributed by atoms with E-state index in [9.17, 15) is 9.18 Å². The smallest absolute Gasteiger partial charge is 0.228 e. The van der Waals surface area contributed by atoms with Gasteiger partial charge in [-0.05, 0) is 48.0 Å². The molecule has 0 aliphatic heterocycles. The van der Waals surface area contributed by atoms with Crippen LogP contribution in [0.15, 0.2) is 54.6 Å². The summed E-state index contributed by atoms with van der Waals surface area (Å²) in [4.78, 5) is 11.9. The summed E-state index contributed by atoms with van der Waals surface area (Å²) in [7, 11) is 0. The Balaban J connectivity index is 2.04. The predicted molar refractivity (Wildman–Crippen MR) is 74.5 cm³/mol. The number of carbonyl (C=O) groups is 1. The molecule has 0 aliphatic rings. The molecular formula is C16H13FO3. The second kappa shape index (κ2) is 6.52. The molecule has 2 rings (SSSR count). The van der Waals surface area contributed by atoms with Gasteiger partial charge in [-0.3, -0.25) is 4.79 Å². The Labute approximate surface area is 115 Å². The lowest BCUT2D eigenvalue weighted by Crippen LogP contribution is -1.93. The lowest BCUT2D eigenvalue weighted by atomic mass is 10.1. The predicted octanol–water partition coefficient (Wildman–Crippen LogP) is 3.59. The molecule has 0 amide bonds. The van der Waals surface area contributed by atoms with Gasteiger partial charge in [-0.25, -0.2) is 4.39 Å². The molecule has 0 unspecified atom stereocenters. The summed E-state index contributed by atoms with van der Waals surface area (Å²) in [6.07, 6.45) is 3.10. The van der Waals surface area contributed by atoms with Gasteiger partial charge in [-0.1, -0.05) is 18.2 Å². The number of ether oxygens (including phenoxy) is 1. The monoisotopic (exact) mass is 272 g/mol. The summed E-state index contributed by atoms with van der Waals surface area (Å²) in [6.45, 7) is -0.867. The number of rotatable bonds is 5. The normalized spacial score (nSPS) is 10.7. The quantitative estimate of drug-likeness (QED) is 0.668. The van der Waals surface area contributed by atoms with Crippen molar-refractivity contribution in [2.45, 2.75) is 0 Å². The van der Waals surface area contributed by atoms with Crippen LogP contribution in [-0.4, -0.2) is 17.8 Å². The van der Waals surface area contributed by atoms with E-state index < -0.39 is 6.86 Å². The second-order valence-corrected chi connectivity index (χ2v) is 4.07. The van der Waals surface area contributed by atoms with Crippen molar-refractivity contribution < 1.29 is 19.0 Å². The number of phenolic OH excluding ortho intramolecular Hbond substituents is 1. The number of phenols is 1. The van der Waals surface area contributed by atoms with E-state index in [1.165, 1.54) is 18.2 Å². The number of alkyl halides is 1. The average Bonchev–Trinajstić information content (AvgIpc) is 2.47. The highest BCUT2D eigenvalue weighted by Gasteiger charge is 2.01. The van der Waals surface area contributed by atoms with Gasteiger partial charge in [0.05, 0.1) is 0 Å². The molecule has 0 spiro atoms. The van der Waals surface area contributed by atoms with Crippen LogP contribution < -0.4 is 4.74 Å². The Morgan fingerprint density at radius 3 is 2.35 bits per heavy atom. The third-order valence-electron chi connectivity index (χ3n) is 2.68. The number of carbonyl (C=O) groups excluding carboxylic acids is 1. The fourth-order valence-electron chi connectivity index (χ4n) is 1.63. The van der Waals surface area contributed by atoms with Crippen LogP contribution >= 0.6 is 0 Å². The molecule has 4 heteroatoms. The topological polar surface area (TPSA) is 46.5 Å². The molecule has 0 saturated carbocycles. The van der Waals surface area contributed by atoms with E-state index in [2.05, 4.69) is 4.74 Å². The molecule has 0 saturated heterocycles. The first-order valence-corrected chi connectivity index (χ1v) is 5.99. The number of benzene rings is 2. The van der Waals surface area contributed by atoms with E-state index in [0.717, 1.165) is 5.56 Å². The summed E-state index contributed by atoms with van der Waals surface area (Å²) < 4.78 is 16.6. The first-order chi connectivity index (χ1) is 9.69. The minimum Gasteiger partial charge on any atom is -0.508 e. The molecule has 0 atom stereocenters. The van der Waals surface area contributed by atoms with Crippen molar-refractivity contribution in [3.63, 3.8) is 0 Å². The van der Waals surface area contributed by atoms with E-state index in [1.807, 2.05) is 0 Å². The molecule has 0 radical (unpaired) electrons. The lowest BCUT2D eigenvalue weighted by molar-refractivity contribution is 0.104. The third kappa shape index (κ3) is 3.68. The molecule has 102 valence electrons. The number of halogens is 1. The highest BCUT2D eigenvalue weighted by Crippen LogP contribution is 2.14. The summed E-state index contributed by atoms with van der Waals surface area (Å²) in [6, 6.07) is 12.8. The zero-order valence-corrected chi connectivity index (χ0v) is 10.6. The molecule has 0 bridgehead atoms. The number of aromatic hydroxyl groups is 1. The maximum absolute atomic E-state index is 12.0. The van der Waals surface area contributed by atoms with Crippen molar-refractivity contribution in [3.8, 4) is 11.5 Å². The van der Waals surface area contributed by atoms with E-state index in [1.54, 1.807) is 42.5 Å². The highest BCUT2D eigenvalue weighted by atomic mass is 19.1. The molecule has 0 fully saturated rings. The fourth-order valence-corrected chi connectivity index (χ4v) is 1.63. The van der Waals surface area contributed by atoms with Gasteiger partial charge in [0.25, 0.3) is 0 Å². The van der Waals surface area contributed by atoms with Crippen LogP contribution in [0.25, 0.3) is 6.08 Å². The average molecular weight is 272 g/mol. The lowest BCUT2D eigenvalue weighted by Gasteiger charge is -2.00. The summed E-state index contributed by atoms with van der Waals surface area (Å²) >= 11 is 0. The van der Waals surface area contributed by atoms with Crippen LogP contribution in [0.3, 0.4) is 0 Å². The van der Waals surface area contributed by atoms with Gasteiger partial charge in [0.15, 0.2) is 5.78 Å². The Bertz CT molecular complexity index is 601. The van der Waals surface area contributed by atoms with Gasteiger partial charge in [0.2, 0.25) is 6.86 Å². The first kappa shape index (κ1) is 13.8. The van der Waals surface area contributed by atoms with Crippen LogP contribution in [-0.2, 0) is 0 Å². The fraction of sp³-hybridized carbons (Fsp3) is 0.0625. The molecule has 3 nitrogen and oxygen atoms in total. The van der Waals surface area contributed by atoms with Crippen molar-refractivity contribution in [2.24, 2.45) is 0 Å². The zero-order valence-electron chi connectivity index (χ0n) is 10.6. The summed E-state index contributed by atoms with van der Waals surface area (Å²) in [5, 5.41) is 9.15. The van der Waals surface area contributed by atoms with Gasteiger partial charge < -0.3 is 9.84 Å². The van der Waals surface area contributed by atoms with Crippen LogP contribution in [0.1, 0.15) is 15.9 Å². The van der Waals surface area contributed by atoms with Crippen LogP contribution in [0, 0.1) is 0 Å². The molecule has 2 aromatic rings. The number of allylic oxidation sites excluding steroid dienone is 1. The SMILES string of the molecule is O=C(C=Cc1ccc(OCF)cc1)c1ccc(O)cc1. The maximum atomic E-state index is 12.0. The molecule has 2 aromatic carbocycles. The second-order valence-electron chi connectivity index (χ2n) is 4.07. The van der Waals surface area contributed by atoms with Gasteiger partial charge in [0.1, 0.15) is 11.5 Å². The van der Waals surface area contributed by atoms with Gasteiger partial charge >= 0.3 is 0 Å². The minimum atomic E-state index is -0.867. The van der Waals surface area contributed by atoms with Crippen molar-refractivity contribution in [1.82, 2.24) is 0 Å².